The molecular formula is C13H15NO3S. The van der Waals surface area contributed by atoms with Gasteiger partial charge in [0.1, 0.15) is 9.84 Å². The van der Waals surface area contributed by atoms with Crippen molar-refractivity contribution >= 4 is 20.7 Å². The fourth-order valence-electron chi connectivity index (χ4n) is 1.74. The van der Waals surface area contributed by atoms with Gasteiger partial charge < -0.3 is 5.11 Å². The average Bonchev–Trinajstić information content (AvgIpc) is 2.34. The molecule has 0 aliphatic heterocycles. The largest absolute Gasteiger partial charge is 0.387 e. The van der Waals surface area contributed by atoms with Gasteiger partial charge in [0, 0.05) is 11.6 Å². The third-order valence-corrected chi connectivity index (χ3v) is 3.70. The van der Waals surface area contributed by atoms with Gasteiger partial charge in [-0.25, -0.2) is 8.42 Å². The Labute approximate surface area is 106 Å². The molecule has 0 spiro atoms. The average molecular weight is 265 g/mol. The Bertz CT molecular complexity index is 652. The van der Waals surface area contributed by atoms with Crippen LogP contribution in [-0.2, 0) is 9.84 Å². The third-order valence-electron chi connectivity index (χ3n) is 2.72. The van der Waals surface area contributed by atoms with Crippen LogP contribution in [0.4, 0.5) is 0 Å². The lowest BCUT2D eigenvalue weighted by atomic mass is 10.1. The van der Waals surface area contributed by atoms with Crippen molar-refractivity contribution in [2.75, 3.05) is 12.0 Å². The molecule has 0 bridgehead atoms. The molecule has 0 saturated carbocycles. The lowest BCUT2D eigenvalue weighted by Gasteiger charge is -2.10. The highest BCUT2D eigenvalue weighted by Gasteiger charge is 2.13. The lowest BCUT2D eigenvalue weighted by Crippen LogP contribution is -2.09. The predicted molar refractivity (Wildman–Crippen MR) is 71.0 cm³/mol. The van der Waals surface area contributed by atoms with Crippen molar-refractivity contribution < 1.29 is 13.5 Å². The summed E-state index contributed by atoms with van der Waals surface area (Å²) in [6, 6.07) is 11.2. The van der Waals surface area contributed by atoms with Gasteiger partial charge in [-0.3, -0.25) is 4.98 Å². The Kier molecular flexibility index (Phi) is 3.63. The summed E-state index contributed by atoms with van der Waals surface area (Å²) in [5.41, 5.74) is 1.31. The van der Waals surface area contributed by atoms with Crippen LogP contribution in [-0.4, -0.2) is 30.5 Å². The number of aliphatic hydroxyl groups is 1. The van der Waals surface area contributed by atoms with Crippen LogP contribution in [0.15, 0.2) is 36.4 Å². The molecule has 1 heterocycles. The second kappa shape index (κ2) is 5.04. The monoisotopic (exact) mass is 265 g/mol. The first kappa shape index (κ1) is 13.0. The van der Waals surface area contributed by atoms with Gasteiger partial charge in [-0.1, -0.05) is 24.3 Å². The summed E-state index contributed by atoms with van der Waals surface area (Å²) in [7, 11) is -3.06. The van der Waals surface area contributed by atoms with Crippen molar-refractivity contribution in [3.05, 3.63) is 42.1 Å². The Morgan fingerprint density at radius 2 is 1.94 bits per heavy atom. The van der Waals surface area contributed by atoms with E-state index in [0.29, 0.717) is 5.69 Å². The number of pyridine rings is 1. The molecule has 2 aromatic rings. The number of aliphatic hydroxyl groups excluding tert-OH is 1. The number of fused-ring (bicyclic) bond motifs is 1. The number of nitrogens with zero attached hydrogens (tertiary/aromatic N) is 1. The van der Waals surface area contributed by atoms with Crippen LogP contribution < -0.4 is 0 Å². The van der Waals surface area contributed by atoms with E-state index in [1.807, 2.05) is 30.3 Å². The van der Waals surface area contributed by atoms with E-state index in [4.69, 9.17) is 0 Å². The van der Waals surface area contributed by atoms with Gasteiger partial charge in [0.2, 0.25) is 0 Å². The minimum absolute atomic E-state index is 0.0390. The number of hydrogen-bond acceptors (Lipinski definition) is 4. The van der Waals surface area contributed by atoms with Crippen molar-refractivity contribution in [1.82, 2.24) is 4.98 Å². The minimum atomic E-state index is -3.06. The minimum Gasteiger partial charge on any atom is -0.387 e. The summed E-state index contributed by atoms with van der Waals surface area (Å²) in [6.07, 6.45) is 0.488. The van der Waals surface area contributed by atoms with Gasteiger partial charge in [0.15, 0.2) is 0 Å². The van der Waals surface area contributed by atoms with Gasteiger partial charge in [0.05, 0.1) is 23.1 Å². The fraction of sp³-hybridized carbons (Fsp3) is 0.308. The van der Waals surface area contributed by atoms with Crippen LogP contribution in [0.1, 0.15) is 18.2 Å². The van der Waals surface area contributed by atoms with Crippen molar-refractivity contribution in [2.45, 2.75) is 12.5 Å². The van der Waals surface area contributed by atoms with E-state index >= 15 is 0 Å². The molecule has 1 unspecified atom stereocenters. The standard InChI is InChI=1S/C13H15NO3S/c1-18(16,17)9-8-13(15)12-7-6-10-4-2-3-5-11(10)14-12/h2-7,13,15H,8-9H2,1H3. The number of hydrogen-bond donors (Lipinski definition) is 1. The molecule has 0 aliphatic rings. The molecule has 96 valence electrons. The molecule has 18 heavy (non-hydrogen) atoms. The topological polar surface area (TPSA) is 67.3 Å². The van der Waals surface area contributed by atoms with Gasteiger partial charge >= 0.3 is 0 Å². The molecule has 0 saturated heterocycles. The zero-order valence-electron chi connectivity index (χ0n) is 10.1. The Morgan fingerprint density at radius 3 is 2.67 bits per heavy atom. The number of aromatic nitrogens is 1. The zero-order valence-corrected chi connectivity index (χ0v) is 10.9. The summed E-state index contributed by atoms with van der Waals surface area (Å²) in [5.74, 6) is -0.0390. The Hall–Kier alpha value is -1.46. The number of para-hydroxylation sites is 1. The molecule has 5 heteroatoms. The van der Waals surface area contributed by atoms with E-state index in [0.717, 1.165) is 17.2 Å². The highest BCUT2D eigenvalue weighted by molar-refractivity contribution is 7.90. The van der Waals surface area contributed by atoms with Gasteiger partial charge in [0.25, 0.3) is 0 Å². The molecule has 0 fully saturated rings. The summed E-state index contributed by atoms with van der Waals surface area (Å²) in [5, 5.41) is 10.9. The summed E-state index contributed by atoms with van der Waals surface area (Å²) in [4.78, 5) is 4.33. The van der Waals surface area contributed by atoms with Crippen molar-refractivity contribution in [2.24, 2.45) is 0 Å². The van der Waals surface area contributed by atoms with Crippen LogP contribution in [0.2, 0.25) is 0 Å². The van der Waals surface area contributed by atoms with E-state index in [2.05, 4.69) is 4.98 Å². The van der Waals surface area contributed by atoms with E-state index in [-0.39, 0.29) is 12.2 Å². The maximum Gasteiger partial charge on any atom is 0.147 e. The lowest BCUT2D eigenvalue weighted by molar-refractivity contribution is 0.170. The van der Waals surface area contributed by atoms with Gasteiger partial charge in [-0.15, -0.1) is 0 Å². The van der Waals surface area contributed by atoms with Crippen LogP contribution >= 0.6 is 0 Å². The summed E-state index contributed by atoms with van der Waals surface area (Å²) in [6.45, 7) is 0. The fourth-order valence-corrected chi connectivity index (χ4v) is 2.39. The maximum atomic E-state index is 11.0. The van der Waals surface area contributed by atoms with E-state index in [9.17, 15) is 13.5 Å². The molecule has 1 aromatic carbocycles. The quantitative estimate of drug-likeness (QED) is 0.913. The smallest absolute Gasteiger partial charge is 0.147 e. The first-order valence-electron chi connectivity index (χ1n) is 5.67. The zero-order chi connectivity index (χ0) is 13.2. The number of benzene rings is 1. The predicted octanol–water partition coefficient (Wildman–Crippen LogP) is 1.70. The van der Waals surface area contributed by atoms with E-state index in [1.165, 1.54) is 0 Å². The third kappa shape index (κ3) is 3.27. The van der Waals surface area contributed by atoms with E-state index < -0.39 is 15.9 Å². The molecule has 1 atom stereocenters. The molecule has 4 nitrogen and oxygen atoms in total. The number of sulfone groups is 1. The molecular weight excluding hydrogens is 250 g/mol. The Morgan fingerprint density at radius 1 is 1.22 bits per heavy atom. The molecule has 0 aliphatic carbocycles. The summed E-state index contributed by atoms with van der Waals surface area (Å²) >= 11 is 0. The normalized spacial score (nSPS) is 13.7. The van der Waals surface area contributed by atoms with Crippen LogP contribution in [0.5, 0.6) is 0 Å². The maximum absolute atomic E-state index is 11.0. The van der Waals surface area contributed by atoms with Crippen molar-refractivity contribution in [1.29, 1.82) is 0 Å². The first-order valence-corrected chi connectivity index (χ1v) is 7.73. The van der Waals surface area contributed by atoms with Crippen LogP contribution in [0.3, 0.4) is 0 Å². The highest BCUT2D eigenvalue weighted by atomic mass is 32.2. The van der Waals surface area contributed by atoms with Crippen molar-refractivity contribution in [3.63, 3.8) is 0 Å². The SMILES string of the molecule is CS(=O)(=O)CCC(O)c1ccc2ccccc2n1. The Balaban J connectivity index is 2.20. The highest BCUT2D eigenvalue weighted by Crippen LogP contribution is 2.19. The molecule has 1 aromatic heterocycles. The van der Waals surface area contributed by atoms with Crippen LogP contribution in [0.25, 0.3) is 10.9 Å². The van der Waals surface area contributed by atoms with E-state index in [1.54, 1.807) is 6.07 Å². The molecule has 1 N–H and O–H groups in total. The second-order valence-corrected chi connectivity index (χ2v) is 6.62. The molecule has 0 amide bonds. The van der Waals surface area contributed by atoms with Gasteiger partial charge in [-0.2, -0.15) is 0 Å². The number of rotatable bonds is 4. The van der Waals surface area contributed by atoms with Crippen molar-refractivity contribution in [3.8, 4) is 0 Å². The van der Waals surface area contributed by atoms with Gasteiger partial charge in [-0.05, 0) is 18.6 Å². The summed E-state index contributed by atoms with van der Waals surface area (Å²) < 4.78 is 22.1. The van der Waals surface area contributed by atoms with Crippen LogP contribution in [0, 0.1) is 0 Å². The molecule has 0 radical (unpaired) electrons. The molecule has 2 rings (SSSR count). The second-order valence-electron chi connectivity index (χ2n) is 4.36. The first-order chi connectivity index (χ1) is 8.46.